The number of hydrogen-bond acceptors (Lipinski definition) is 7. The van der Waals surface area contributed by atoms with Gasteiger partial charge in [0.05, 0.1) is 35.4 Å². The predicted octanol–water partition coefficient (Wildman–Crippen LogP) is 3.78. The van der Waals surface area contributed by atoms with E-state index in [4.69, 9.17) is 0 Å². The summed E-state index contributed by atoms with van der Waals surface area (Å²) in [7, 11) is -1.77. The fourth-order valence-electron chi connectivity index (χ4n) is 2.90. The molecule has 0 aliphatic rings. The first-order valence-corrected chi connectivity index (χ1v) is 10.8. The first kappa shape index (κ1) is 23.5. The highest BCUT2D eigenvalue weighted by Crippen LogP contribution is 2.31. The smallest absolute Gasteiger partial charge is 0.406 e. The Kier molecular flexibility index (Phi) is 5.93. The molecular weight excluding hydrogens is 492 g/mol. The van der Waals surface area contributed by atoms with Crippen LogP contribution in [-0.4, -0.2) is 46.4 Å². The summed E-state index contributed by atoms with van der Waals surface area (Å²) >= 11 is 0. The van der Waals surface area contributed by atoms with E-state index in [1.165, 1.54) is 24.6 Å². The van der Waals surface area contributed by atoms with Crippen molar-refractivity contribution in [3.63, 3.8) is 0 Å². The first-order valence-electron chi connectivity index (χ1n) is 9.21. The van der Waals surface area contributed by atoms with Crippen molar-refractivity contribution >= 4 is 22.3 Å². The second-order valence-electron chi connectivity index (χ2n) is 6.74. The first-order chi connectivity index (χ1) is 15.9. The number of nitrogens with one attached hydrogen (secondary N) is 2. The van der Waals surface area contributed by atoms with Crippen molar-refractivity contribution in [3.05, 3.63) is 48.2 Å². The molecule has 1 aromatic carbocycles. The van der Waals surface area contributed by atoms with Crippen LogP contribution in [0.1, 0.15) is 11.5 Å². The number of hydrogen-bond donors (Lipinski definition) is 2. The van der Waals surface area contributed by atoms with Crippen molar-refractivity contribution in [1.82, 2.24) is 29.5 Å². The molecule has 180 valence electrons. The van der Waals surface area contributed by atoms with Crippen LogP contribution < -0.4 is 10.1 Å². The normalized spacial score (nSPS) is 13.3. The summed E-state index contributed by atoms with van der Waals surface area (Å²) in [6, 6.07) is 5.07. The number of nitrogens with zero attached hydrogens (tertiary/aromatic N) is 5. The molecule has 0 fully saturated rings. The monoisotopic (exact) mass is 505 g/mol. The molecule has 0 aliphatic heterocycles. The topological polar surface area (TPSA) is 110 Å². The Bertz CT molecular complexity index is 1350. The lowest BCUT2D eigenvalue weighted by Crippen LogP contribution is -2.16. The van der Waals surface area contributed by atoms with Gasteiger partial charge in [0.2, 0.25) is 5.16 Å². The summed E-state index contributed by atoms with van der Waals surface area (Å²) in [6.07, 6.45) is -6.31. The number of fused-ring (bicyclic) bond motifs is 1. The van der Waals surface area contributed by atoms with Crippen molar-refractivity contribution in [2.75, 3.05) is 11.6 Å². The number of imidazole rings is 2. The number of alkyl halides is 6. The Morgan fingerprint density at radius 3 is 2.41 bits per heavy atom. The maximum absolute atomic E-state index is 13.2. The Balaban J connectivity index is 1.55. The molecule has 1 atom stereocenters. The molecule has 4 rings (SSSR count). The third-order valence-electron chi connectivity index (χ3n) is 4.34. The van der Waals surface area contributed by atoms with E-state index in [1.54, 1.807) is 0 Å². The van der Waals surface area contributed by atoms with E-state index in [0.717, 1.165) is 12.1 Å². The number of rotatable bonds is 6. The number of ether oxygens (including phenoxy) is 1. The van der Waals surface area contributed by atoms with Crippen LogP contribution >= 0.6 is 0 Å². The van der Waals surface area contributed by atoms with Crippen molar-refractivity contribution in [2.45, 2.75) is 24.2 Å². The highest BCUT2D eigenvalue weighted by Gasteiger charge is 2.36. The zero-order valence-corrected chi connectivity index (χ0v) is 17.7. The highest BCUT2D eigenvalue weighted by atomic mass is 32.2. The highest BCUT2D eigenvalue weighted by molar-refractivity contribution is 7.84. The lowest BCUT2D eigenvalue weighted by molar-refractivity contribution is -0.274. The Morgan fingerprint density at radius 2 is 1.79 bits per heavy atom. The minimum atomic E-state index is -4.80. The number of benzene rings is 1. The Morgan fingerprint density at radius 1 is 1.09 bits per heavy atom. The molecule has 0 amide bonds. The summed E-state index contributed by atoms with van der Waals surface area (Å²) in [6.45, 7) is -0.0358. The minimum Gasteiger partial charge on any atom is -0.406 e. The number of halogens is 6. The molecule has 0 radical (unpaired) electrons. The van der Waals surface area contributed by atoms with Gasteiger partial charge < -0.3 is 15.0 Å². The van der Waals surface area contributed by atoms with Gasteiger partial charge in [-0.2, -0.15) is 18.2 Å². The molecule has 0 aliphatic carbocycles. The van der Waals surface area contributed by atoms with Gasteiger partial charge >= 0.3 is 12.5 Å². The summed E-state index contributed by atoms with van der Waals surface area (Å²) in [4.78, 5) is 14.8. The quantitative estimate of drug-likeness (QED) is 0.384. The second kappa shape index (κ2) is 8.58. The van der Waals surface area contributed by atoms with Gasteiger partial charge in [0.15, 0.2) is 17.2 Å². The molecule has 2 N–H and O–H groups in total. The zero-order chi connectivity index (χ0) is 24.7. The van der Waals surface area contributed by atoms with E-state index < -0.39 is 29.0 Å². The maximum Gasteiger partial charge on any atom is 0.573 e. The largest absolute Gasteiger partial charge is 0.573 e. The maximum atomic E-state index is 13.2. The van der Waals surface area contributed by atoms with Crippen LogP contribution in [0.25, 0.3) is 16.9 Å². The van der Waals surface area contributed by atoms with Crippen molar-refractivity contribution in [1.29, 1.82) is 0 Å². The SMILES string of the molecule is CS(=O)c1nc(NCc2ncc(-c3ccc(OC(F)(F)F)cc3)[nH]2)c2ncc(C(F)(F)F)n2n1. The molecule has 0 saturated heterocycles. The fourth-order valence-corrected chi connectivity index (χ4v) is 3.31. The summed E-state index contributed by atoms with van der Waals surface area (Å²) in [5, 5.41) is 6.12. The third-order valence-corrected chi connectivity index (χ3v) is 5.03. The van der Waals surface area contributed by atoms with Crippen LogP contribution in [0.4, 0.5) is 32.2 Å². The minimum absolute atomic E-state index is 0.0358. The van der Waals surface area contributed by atoms with Crippen LogP contribution in [0.2, 0.25) is 0 Å². The van der Waals surface area contributed by atoms with Gasteiger partial charge in [-0.1, -0.05) is 0 Å². The van der Waals surface area contributed by atoms with Gasteiger partial charge in [0, 0.05) is 6.26 Å². The van der Waals surface area contributed by atoms with Crippen molar-refractivity contribution in [3.8, 4) is 17.0 Å². The van der Waals surface area contributed by atoms with E-state index in [2.05, 4.69) is 35.1 Å². The van der Waals surface area contributed by atoms with Gasteiger partial charge in [0.25, 0.3) is 0 Å². The lowest BCUT2D eigenvalue weighted by Gasteiger charge is -2.09. The van der Waals surface area contributed by atoms with E-state index >= 15 is 0 Å². The number of aromatic amines is 1. The average Bonchev–Trinajstić information content (AvgIpc) is 3.38. The van der Waals surface area contributed by atoms with Crippen LogP contribution in [-0.2, 0) is 23.5 Å². The standard InChI is InChI=1S/C18H13F6N7O2S/c1-34(32)16-29-14(15-27-7-12(17(19,20)21)31(15)30-16)26-8-13-25-6-11(28-13)9-2-4-10(5-3-9)33-18(22,23)24/h2-7H,8H2,1H3,(H,25,28)(H,26,29,30). The molecular formula is C18H13F6N7O2S. The Hall–Kier alpha value is -3.69. The molecule has 1 unspecified atom stereocenters. The Labute approximate surface area is 188 Å². The van der Waals surface area contributed by atoms with Crippen LogP contribution in [0, 0.1) is 0 Å². The summed E-state index contributed by atoms with van der Waals surface area (Å²) < 4.78 is 92.7. The summed E-state index contributed by atoms with van der Waals surface area (Å²) in [5.74, 6) is -0.140. The molecule has 3 aromatic heterocycles. The van der Waals surface area contributed by atoms with Gasteiger partial charge in [-0.3, -0.25) is 4.21 Å². The van der Waals surface area contributed by atoms with Crippen LogP contribution in [0.15, 0.2) is 41.8 Å². The number of anilines is 1. The second-order valence-corrected chi connectivity index (χ2v) is 8.02. The van der Waals surface area contributed by atoms with Gasteiger partial charge in [-0.15, -0.1) is 18.3 Å². The summed E-state index contributed by atoms with van der Waals surface area (Å²) in [5.41, 5.74) is -0.394. The molecule has 4 aromatic rings. The zero-order valence-electron chi connectivity index (χ0n) is 16.9. The number of aromatic nitrogens is 6. The van der Waals surface area contributed by atoms with E-state index in [0.29, 0.717) is 27.8 Å². The van der Waals surface area contributed by atoms with Gasteiger partial charge in [-0.25, -0.2) is 14.5 Å². The predicted molar refractivity (Wildman–Crippen MR) is 106 cm³/mol. The lowest BCUT2D eigenvalue weighted by atomic mass is 10.2. The van der Waals surface area contributed by atoms with E-state index in [-0.39, 0.29) is 28.9 Å². The molecule has 16 heteroatoms. The molecule has 0 spiro atoms. The van der Waals surface area contributed by atoms with Crippen molar-refractivity contribution < 1.29 is 35.3 Å². The van der Waals surface area contributed by atoms with Crippen LogP contribution in [0.3, 0.4) is 0 Å². The van der Waals surface area contributed by atoms with E-state index in [1.807, 2.05) is 0 Å². The molecule has 0 saturated carbocycles. The molecule has 34 heavy (non-hydrogen) atoms. The molecule has 3 heterocycles. The van der Waals surface area contributed by atoms with Gasteiger partial charge in [0.1, 0.15) is 11.6 Å². The van der Waals surface area contributed by atoms with Gasteiger partial charge in [-0.05, 0) is 29.8 Å². The average molecular weight is 505 g/mol. The third kappa shape index (κ3) is 5.11. The molecule has 9 nitrogen and oxygen atoms in total. The fraction of sp³-hybridized carbons (Fsp3) is 0.222. The molecule has 0 bridgehead atoms. The van der Waals surface area contributed by atoms with E-state index in [9.17, 15) is 30.6 Å². The van der Waals surface area contributed by atoms with Crippen molar-refractivity contribution in [2.24, 2.45) is 0 Å². The number of H-pyrrole nitrogens is 1. The van der Waals surface area contributed by atoms with Crippen LogP contribution in [0.5, 0.6) is 5.75 Å².